The second kappa shape index (κ2) is 7.13. The molecular formula is C12H20Cl2N2. The summed E-state index contributed by atoms with van der Waals surface area (Å²) >= 11 is 0. The molecule has 0 fully saturated rings. The minimum Gasteiger partial charge on any atom is -0.329 e. The number of rotatable bonds is 3. The van der Waals surface area contributed by atoms with Crippen molar-refractivity contribution in [1.82, 2.24) is 0 Å². The molecule has 0 spiro atoms. The maximum Gasteiger partial charge on any atom is 0.0165 e. The molecule has 0 amide bonds. The van der Waals surface area contributed by atoms with Crippen LogP contribution in [-0.4, -0.2) is 12.6 Å². The summed E-state index contributed by atoms with van der Waals surface area (Å²) in [5, 5.41) is 0. The maximum atomic E-state index is 5.86. The monoisotopic (exact) mass is 262 g/mol. The van der Waals surface area contributed by atoms with E-state index in [2.05, 4.69) is 24.3 Å². The number of fused-ring (bicyclic) bond motifs is 1. The fraction of sp³-hybridized carbons (Fsp3) is 0.500. The molecule has 4 heteroatoms. The van der Waals surface area contributed by atoms with Gasteiger partial charge in [0.25, 0.3) is 0 Å². The minimum atomic E-state index is 0. The normalized spacial score (nSPS) is 15.9. The minimum absolute atomic E-state index is 0. The maximum absolute atomic E-state index is 5.86. The molecule has 0 unspecified atom stereocenters. The first-order valence-electron chi connectivity index (χ1n) is 5.32. The van der Waals surface area contributed by atoms with E-state index < -0.39 is 0 Å². The molecule has 0 saturated heterocycles. The number of hydrogen-bond donors (Lipinski definition) is 2. The molecule has 0 saturated carbocycles. The van der Waals surface area contributed by atoms with Crippen LogP contribution in [0.3, 0.4) is 0 Å². The van der Waals surface area contributed by atoms with Crippen LogP contribution in [0.2, 0.25) is 0 Å². The van der Waals surface area contributed by atoms with Crippen LogP contribution >= 0.6 is 24.8 Å². The molecule has 92 valence electrons. The van der Waals surface area contributed by atoms with Gasteiger partial charge in [0.1, 0.15) is 0 Å². The van der Waals surface area contributed by atoms with Crippen molar-refractivity contribution in [2.24, 2.45) is 17.4 Å². The lowest BCUT2D eigenvalue weighted by Crippen LogP contribution is -2.32. The van der Waals surface area contributed by atoms with E-state index in [0.29, 0.717) is 12.5 Å². The highest BCUT2D eigenvalue weighted by molar-refractivity contribution is 5.85. The van der Waals surface area contributed by atoms with E-state index in [1.165, 1.54) is 24.0 Å². The van der Waals surface area contributed by atoms with Crippen LogP contribution in [0.4, 0.5) is 0 Å². The first kappa shape index (κ1) is 15.7. The van der Waals surface area contributed by atoms with Gasteiger partial charge in [-0.25, -0.2) is 0 Å². The van der Waals surface area contributed by atoms with Gasteiger partial charge in [0, 0.05) is 12.6 Å². The first-order chi connectivity index (χ1) is 6.79. The second-order valence-corrected chi connectivity index (χ2v) is 4.27. The van der Waals surface area contributed by atoms with Crippen molar-refractivity contribution >= 4 is 24.8 Å². The highest BCUT2D eigenvalue weighted by Gasteiger charge is 2.22. The lowest BCUT2D eigenvalue weighted by atomic mass is 9.97. The average molecular weight is 263 g/mol. The largest absolute Gasteiger partial charge is 0.329 e. The highest BCUT2D eigenvalue weighted by Crippen LogP contribution is 2.28. The lowest BCUT2D eigenvalue weighted by molar-refractivity contribution is 0.453. The third-order valence-corrected chi connectivity index (χ3v) is 3.07. The Bertz CT molecular complexity index is 293. The number of hydrogen-bond acceptors (Lipinski definition) is 2. The van der Waals surface area contributed by atoms with Gasteiger partial charge in [0.2, 0.25) is 0 Å². The van der Waals surface area contributed by atoms with Gasteiger partial charge in [0.15, 0.2) is 0 Å². The Morgan fingerprint density at radius 1 is 1.12 bits per heavy atom. The van der Waals surface area contributed by atoms with Crippen LogP contribution in [0.15, 0.2) is 24.3 Å². The second-order valence-electron chi connectivity index (χ2n) is 4.27. The Labute approximate surface area is 110 Å². The van der Waals surface area contributed by atoms with Crippen molar-refractivity contribution in [3.63, 3.8) is 0 Å². The van der Waals surface area contributed by atoms with E-state index in [4.69, 9.17) is 11.5 Å². The lowest BCUT2D eigenvalue weighted by Gasteiger charge is -2.13. The Morgan fingerprint density at radius 2 is 1.62 bits per heavy atom. The Balaban J connectivity index is 0.00000112. The van der Waals surface area contributed by atoms with Gasteiger partial charge in [-0.05, 0) is 36.3 Å². The summed E-state index contributed by atoms with van der Waals surface area (Å²) in [4.78, 5) is 0. The summed E-state index contributed by atoms with van der Waals surface area (Å²) in [5.41, 5.74) is 14.4. The molecule has 1 atom stereocenters. The van der Waals surface area contributed by atoms with Crippen LogP contribution in [-0.2, 0) is 12.8 Å². The molecule has 0 radical (unpaired) electrons. The Hall–Kier alpha value is -0.280. The van der Waals surface area contributed by atoms with E-state index >= 15 is 0 Å². The Kier molecular flexibility index (Phi) is 7.00. The van der Waals surface area contributed by atoms with Crippen molar-refractivity contribution in [3.8, 4) is 0 Å². The zero-order valence-electron chi connectivity index (χ0n) is 9.26. The molecule has 4 N–H and O–H groups in total. The molecule has 1 aliphatic carbocycles. The van der Waals surface area contributed by atoms with Gasteiger partial charge in [-0.2, -0.15) is 0 Å². The molecule has 16 heavy (non-hydrogen) atoms. The first-order valence-corrected chi connectivity index (χ1v) is 5.32. The molecule has 1 aliphatic rings. The molecule has 2 rings (SSSR count). The summed E-state index contributed by atoms with van der Waals surface area (Å²) < 4.78 is 0. The smallest absolute Gasteiger partial charge is 0.0165 e. The van der Waals surface area contributed by atoms with Crippen LogP contribution in [0.1, 0.15) is 17.5 Å². The van der Waals surface area contributed by atoms with E-state index in [1.807, 2.05) is 0 Å². The standard InChI is InChI=1S/C12H18N2.2ClH/c13-8-12(14)7-9-5-10-3-1-2-4-11(10)6-9;;/h1-4,9,12H,5-8,13-14H2;2*1H/t12-;;/m1../s1. The molecule has 0 aliphatic heterocycles. The van der Waals surface area contributed by atoms with Crippen molar-refractivity contribution in [2.75, 3.05) is 6.54 Å². The van der Waals surface area contributed by atoms with Crippen molar-refractivity contribution in [2.45, 2.75) is 25.3 Å². The summed E-state index contributed by atoms with van der Waals surface area (Å²) in [5.74, 6) is 0.714. The van der Waals surface area contributed by atoms with Gasteiger partial charge >= 0.3 is 0 Å². The molecule has 2 nitrogen and oxygen atoms in total. The molecule has 1 aromatic carbocycles. The third-order valence-electron chi connectivity index (χ3n) is 3.07. The van der Waals surface area contributed by atoms with Crippen LogP contribution < -0.4 is 11.5 Å². The van der Waals surface area contributed by atoms with E-state index in [0.717, 1.165) is 6.42 Å². The van der Waals surface area contributed by atoms with Crippen molar-refractivity contribution in [3.05, 3.63) is 35.4 Å². The van der Waals surface area contributed by atoms with Crippen LogP contribution in [0.5, 0.6) is 0 Å². The van der Waals surface area contributed by atoms with E-state index in [9.17, 15) is 0 Å². The predicted octanol–water partition coefficient (Wildman–Crippen LogP) is 1.92. The molecule has 0 aromatic heterocycles. The topological polar surface area (TPSA) is 52.0 Å². The fourth-order valence-electron chi connectivity index (χ4n) is 2.34. The summed E-state index contributed by atoms with van der Waals surface area (Å²) in [6, 6.07) is 8.86. The SMILES string of the molecule is Cl.Cl.NC[C@H](N)CC1Cc2ccccc2C1. The molecule has 0 bridgehead atoms. The fourth-order valence-corrected chi connectivity index (χ4v) is 2.34. The van der Waals surface area contributed by atoms with Gasteiger partial charge < -0.3 is 11.5 Å². The molecule has 0 heterocycles. The van der Waals surface area contributed by atoms with Crippen molar-refractivity contribution in [1.29, 1.82) is 0 Å². The quantitative estimate of drug-likeness (QED) is 0.875. The average Bonchev–Trinajstić information content (AvgIpc) is 2.59. The molecule has 1 aromatic rings. The summed E-state index contributed by atoms with van der Waals surface area (Å²) in [7, 11) is 0. The number of benzene rings is 1. The molecular weight excluding hydrogens is 243 g/mol. The van der Waals surface area contributed by atoms with Crippen molar-refractivity contribution < 1.29 is 0 Å². The zero-order valence-corrected chi connectivity index (χ0v) is 10.9. The highest BCUT2D eigenvalue weighted by atomic mass is 35.5. The zero-order chi connectivity index (χ0) is 9.97. The van der Waals surface area contributed by atoms with Gasteiger partial charge in [-0.15, -0.1) is 24.8 Å². The Morgan fingerprint density at radius 3 is 2.06 bits per heavy atom. The summed E-state index contributed by atoms with van der Waals surface area (Å²) in [6.45, 7) is 0.604. The van der Waals surface area contributed by atoms with E-state index in [1.54, 1.807) is 0 Å². The van der Waals surface area contributed by atoms with E-state index in [-0.39, 0.29) is 30.9 Å². The van der Waals surface area contributed by atoms with Crippen LogP contribution in [0, 0.1) is 5.92 Å². The number of nitrogens with two attached hydrogens (primary N) is 2. The third kappa shape index (κ3) is 3.63. The van der Waals surface area contributed by atoms with Gasteiger partial charge in [-0.1, -0.05) is 24.3 Å². The van der Waals surface area contributed by atoms with Crippen LogP contribution in [0.25, 0.3) is 0 Å². The predicted molar refractivity (Wildman–Crippen MR) is 73.5 cm³/mol. The van der Waals surface area contributed by atoms with Gasteiger partial charge in [0.05, 0.1) is 0 Å². The van der Waals surface area contributed by atoms with Gasteiger partial charge in [-0.3, -0.25) is 0 Å². The number of halogens is 2. The summed E-state index contributed by atoms with van der Waals surface area (Å²) in [6.07, 6.45) is 3.43.